The van der Waals surface area contributed by atoms with Crippen molar-refractivity contribution in [2.75, 3.05) is 5.73 Å². The van der Waals surface area contributed by atoms with Gasteiger partial charge >= 0.3 is 0 Å². The first-order chi connectivity index (χ1) is 10.2. The number of halogens is 1. The molecule has 5 heteroatoms. The third-order valence-electron chi connectivity index (χ3n) is 3.36. The molecule has 0 saturated heterocycles. The monoisotopic (exact) mass is 282 g/mol. The Bertz CT molecular complexity index is 751. The summed E-state index contributed by atoms with van der Waals surface area (Å²) >= 11 is 0. The number of hydrogen-bond donors (Lipinski definition) is 1. The molecule has 4 nitrogen and oxygen atoms in total. The van der Waals surface area contributed by atoms with Gasteiger partial charge in [0.25, 0.3) is 0 Å². The first-order valence-electron chi connectivity index (χ1n) is 6.69. The second-order valence-corrected chi connectivity index (χ2v) is 4.79. The molecule has 0 saturated carbocycles. The van der Waals surface area contributed by atoms with E-state index in [9.17, 15) is 4.39 Å². The van der Waals surface area contributed by atoms with Crippen LogP contribution in [0.15, 0.2) is 55.1 Å². The highest BCUT2D eigenvalue weighted by molar-refractivity contribution is 5.70. The van der Waals surface area contributed by atoms with Crippen molar-refractivity contribution in [3.8, 4) is 11.3 Å². The third kappa shape index (κ3) is 2.91. The molecule has 0 atom stereocenters. The average molecular weight is 282 g/mol. The molecule has 1 aromatic carbocycles. The lowest BCUT2D eigenvalue weighted by Gasteiger charge is -2.09. The van der Waals surface area contributed by atoms with Gasteiger partial charge in [-0.25, -0.2) is 14.4 Å². The van der Waals surface area contributed by atoms with Crippen LogP contribution < -0.4 is 5.73 Å². The molecule has 0 aliphatic carbocycles. The maximum atomic E-state index is 13.2. The van der Waals surface area contributed by atoms with Gasteiger partial charge < -0.3 is 10.3 Å². The molecule has 0 spiro atoms. The molecular formula is C16H15FN4. The minimum Gasteiger partial charge on any atom is -0.383 e. The molecule has 2 N–H and O–H groups in total. The Morgan fingerprint density at radius 3 is 2.90 bits per heavy atom. The first kappa shape index (κ1) is 13.3. The third-order valence-corrected chi connectivity index (χ3v) is 3.36. The van der Waals surface area contributed by atoms with Gasteiger partial charge in [-0.05, 0) is 36.2 Å². The molecule has 0 radical (unpaired) electrons. The van der Waals surface area contributed by atoms with Crippen LogP contribution in [0.3, 0.4) is 0 Å². The molecule has 3 rings (SSSR count). The van der Waals surface area contributed by atoms with E-state index in [0.29, 0.717) is 12.4 Å². The van der Waals surface area contributed by atoms with Crippen molar-refractivity contribution < 1.29 is 4.39 Å². The normalized spacial score (nSPS) is 10.7. The Morgan fingerprint density at radius 1 is 1.19 bits per heavy atom. The van der Waals surface area contributed by atoms with Gasteiger partial charge in [-0.3, -0.25) is 0 Å². The Hall–Kier alpha value is -2.69. The quantitative estimate of drug-likeness (QED) is 0.800. The highest BCUT2D eigenvalue weighted by atomic mass is 19.1. The fourth-order valence-electron chi connectivity index (χ4n) is 2.30. The van der Waals surface area contributed by atoms with Gasteiger partial charge in [-0.1, -0.05) is 12.1 Å². The Morgan fingerprint density at radius 2 is 2.10 bits per heavy atom. The molecule has 21 heavy (non-hydrogen) atoms. The SMILES string of the molecule is Nc1ncccc1-c1cncn1CCc1cccc(F)c1. The summed E-state index contributed by atoms with van der Waals surface area (Å²) in [7, 11) is 0. The zero-order valence-corrected chi connectivity index (χ0v) is 11.4. The maximum absolute atomic E-state index is 13.2. The van der Waals surface area contributed by atoms with Crippen molar-refractivity contribution in [1.29, 1.82) is 0 Å². The molecule has 106 valence electrons. The smallest absolute Gasteiger partial charge is 0.132 e. The zero-order valence-electron chi connectivity index (χ0n) is 11.4. The minimum atomic E-state index is -0.213. The predicted octanol–water partition coefficient (Wildman–Crippen LogP) is 2.91. The van der Waals surface area contributed by atoms with Gasteiger partial charge in [0.2, 0.25) is 0 Å². The Labute approximate surface area is 122 Å². The van der Waals surface area contributed by atoms with Crippen LogP contribution in [-0.4, -0.2) is 14.5 Å². The zero-order chi connectivity index (χ0) is 14.7. The van der Waals surface area contributed by atoms with Gasteiger partial charge in [-0.2, -0.15) is 0 Å². The second-order valence-electron chi connectivity index (χ2n) is 4.79. The summed E-state index contributed by atoms with van der Waals surface area (Å²) in [6, 6.07) is 10.4. The highest BCUT2D eigenvalue weighted by Gasteiger charge is 2.09. The highest BCUT2D eigenvalue weighted by Crippen LogP contribution is 2.23. The van der Waals surface area contributed by atoms with Crippen molar-refractivity contribution in [2.45, 2.75) is 13.0 Å². The predicted molar refractivity (Wildman–Crippen MR) is 80.0 cm³/mol. The van der Waals surface area contributed by atoms with E-state index in [1.807, 2.05) is 22.8 Å². The topological polar surface area (TPSA) is 56.7 Å². The van der Waals surface area contributed by atoms with Crippen LogP contribution in [0.1, 0.15) is 5.56 Å². The number of nitrogens with two attached hydrogens (primary N) is 1. The van der Waals surface area contributed by atoms with Gasteiger partial charge in [0, 0.05) is 18.3 Å². The van der Waals surface area contributed by atoms with Crippen molar-refractivity contribution in [3.05, 3.63) is 66.5 Å². The summed E-state index contributed by atoms with van der Waals surface area (Å²) in [6.07, 6.45) is 5.90. The molecule has 0 unspecified atom stereocenters. The van der Waals surface area contributed by atoms with E-state index in [0.717, 1.165) is 23.2 Å². The van der Waals surface area contributed by atoms with Crippen LogP contribution in [0.4, 0.5) is 10.2 Å². The molecule has 0 aliphatic heterocycles. The second kappa shape index (κ2) is 5.75. The number of benzene rings is 1. The summed E-state index contributed by atoms with van der Waals surface area (Å²) in [4.78, 5) is 8.27. The lowest BCUT2D eigenvalue weighted by atomic mass is 10.1. The van der Waals surface area contributed by atoms with E-state index in [2.05, 4.69) is 9.97 Å². The number of nitrogen functional groups attached to an aromatic ring is 1. The van der Waals surface area contributed by atoms with E-state index in [4.69, 9.17) is 5.73 Å². The van der Waals surface area contributed by atoms with Crippen LogP contribution in [0, 0.1) is 5.82 Å². The van der Waals surface area contributed by atoms with E-state index in [1.165, 1.54) is 6.07 Å². The molecule has 0 aliphatic rings. The van der Waals surface area contributed by atoms with Crippen LogP contribution in [0.25, 0.3) is 11.3 Å². The summed E-state index contributed by atoms with van der Waals surface area (Å²) < 4.78 is 15.2. The fraction of sp³-hybridized carbons (Fsp3) is 0.125. The number of pyridine rings is 1. The molecule has 0 fully saturated rings. The molecule has 2 aromatic heterocycles. The summed E-state index contributed by atoms with van der Waals surface area (Å²) in [5.74, 6) is 0.264. The molecule has 3 aromatic rings. The molecule has 2 heterocycles. The van der Waals surface area contributed by atoms with E-state index >= 15 is 0 Å². The number of aromatic nitrogens is 3. The van der Waals surface area contributed by atoms with Crippen LogP contribution in [0.2, 0.25) is 0 Å². The lowest BCUT2D eigenvalue weighted by molar-refractivity contribution is 0.622. The Kier molecular flexibility index (Phi) is 3.64. The number of nitrogens with zero attached hydrogens (tertiary/aromatic N) is 3. The van der Waals surface area contributed by atoms with Crippen LogP contribution in [-0.2, 0) is 13.0 Å². The first-order valence-corrected chi connectivity index (χ1v) is 6.69. The Balaban J connectivity index is 1.82. The number of rotatable bonds is 4. The van der Waals surface area contributed by atoms with E-state index in [1.54, 1.807) is 30.9 Å². The maximum Gasteiger partial charge on any atom is 0.132 e. The average Bonchev–Trinajstić information content (AvgIpc) is 2.94. The number of imidazole rings is 1. The summed E-state index contributed by atoms with van der Waals surface area (Å²) in [5, 5.41) is 0. The standard InChI is InChI=1S/C16H15FN4/c17-13-4-1-3-12(9-13)6-8-21-11-19-10-15(21)14-5-2-7-20-16(14)18/h1-5,7,9-11H,6,8H2,(H2,18,20). The minimum absolute atomic E-state index is 0.213. The number of hydrogen-bond acceptors (Lipinski definition) is 3. The largest absolute Gasteiger partial charge is 0.383 e. The number of aryl methyl sites for hydroxylation is 2. The van der Waals surface area contributed by atoms with Gasteiger partial charge in [0.05, 0.1) is 18.2 Å². The fourth-order valence-corrected chi connectivity index (χ4v) is 2.30. The van der Waals surface area contributed by atoms with Crippen LogP contribution >= 0.6 is 0 Å². The summed E-state index contributed by atoms with van der Waals surface area (Å²) in [5.41, 5.74) is 8.63. The van der Waals surface area contributed by atoms with Gasteiger partial charge in [0.1, 0.15) is 11.6 Å². The van der Waals surface area contributed by atoms with E-state index < -0.39 is 0 Å². The lowest BCUT2D eigenvalue weighted by Crippen LogP contribution is -2.04. The van der Waals surface area contributed by atoms with E-state index in [-0.39, 0.29) is 5.82 Å². The van der Waals surface area contributed by atoms with Crippen molar-refractivity contribution in [1.82, 2.24) is 14.5 Å². The van der Waals surface area contributed by atoms with Gasteiger partial charge in [0.15, 0.2) is 0 Å². The van der Waals surface area contributed by atoms with Crippen molar-refractivity contribution in [2.24, 2.45) is 0 Å². The molecule has 0 amide bonds. The van der Waals surface area contributed by atoms with Crippen LogP contribution in [0.5, 0.6) is 0 Å². The molecule has 0 bridgehead atoms. The van der Waals surface area contributed by atoms with Crippen molar-refractivity contribution >= 4 is 5.82 Å². The molecular weight excluding hydrogens is 267 g/mol. The van der Waals surface area contributed by atoms with Gasteiger partial charge in [-0.15, -0.1) is 0 Å². The van der Waals surface area contributed by atoms with Crippen molar-refractivity contribution in [3.63, 3.8) is 0 Å². The summed E-state index contributed by atoms with van der Waals surface area (Å²) in [6.45, 7) is 0.702. The number of anilines is 1.